The molecule has 0 rings (SSSR count). The summed E-state index contributed by atoms with van der Waals surface area (Å²) >= 11 is 0. The van der Waals surface area contributed by atoms with Crippen molar-refractivity contribution in [2.45, 2.75) is 26.7 Å². The van der Waals surface area contributed by atoms with Crippen molar-refractivity contribution in [3.05, 3.63) is 12.2 Å². The molecule has 0 saturated carbocycles. The lowest BCUT2D eigenvalue weighted by Crippen LogP contribution is -2.20. The van der Waals surface area contributed by atoms with Crippen LogP contribution in [0.1, 0.15) is 26.7 Å². The zero-order valence-corrected chi connectivity index (χ0v) is 8.14. The van der Waals surface area contributed by atoms with Gasteiger partial charge in [0.05, 0.1) is 0 Å². The van der Waals surface area contributed by atoms with Crippen molar-refractivity contribution >= 4 is 0 Å². The monoisotopic (exact) mass is 165 g/mol. The second-order valence-corrected chi connectivity index (χ2v) is 3.27. The summed E-state index contributed by atoms with van der Waals surface area (Å²) in [4.78, 5) is 0. The van der Waals surface area contributed by atoms with Crippen LogP contribution in [-0.2, 0) is 0 Å². The molecule has 0 amide bonds. The maximum atomic E-state index is 5.09. The summed E-state index contributed by atoms with van der Waals surface area (Å²) in [5, 5.41) is 3.36. The van der Waals surface area contributed by atoms with E-state index in [2.05, 4.69) is 31.2 Å². The maximum Gasteiger partial charge on any atom is 0.0267 e. The van der Waals surface area contributed by atoms with Crippen molar-refractivity contribution < 1.29 is 0 Å². The van der Waals surface area contributed by atoms with Gasteiger partial charge in [-0.3, -0.25) is 0 Å². The molecule has 1 nitrogen and oxygen atoms in total. The molecular formula is C11H19N. The number of hydrogen-bond donors (Lipinski definition) is 1. The summed E-state index contributed by atoms with van der Waals surface area (Å²) < 4.78 is 0. The van der Waals surface area contributed by atoms with Crippen LogP contribution in [0.25, 0.3) is 0 Å². The molecule has 0 unspecified atom stereocenters. The van der Waals surface area contributed by atoms with E-state index in [-0.39, 0.29) is 0 Å². The molecule has 0 aliphatic heterocycles. The van der Waals surface area contributed by atoms with Gasteiger partial charge in [-0.25, -0.2) is 0 Å². The van der Waals surface area contributed by atoms with E-state index in [4.69, 9.17) is 6.42 Å². The Labute approximate surface area is 76.2 Å². The predicted molar refractivity (Wildman–Crippen MR) is 54.9 cm³/mol. The fourth-order valence-electron chi connectivity index (χ4n) is 0.845. The van der Waals surface area contributed by atoms with Gasteiger partial charge in [-0.2, -0.15) is 0 Å². The van der Waals surface area contributed by atoms with Gasteiger partial charge < -0.3 is 5.32 Å². The largest absolute Gasteiger partial charge is 0.316 e. The molecular weight excluding hydrogens is 146 g/mol. The number of nitrogens with one attached hydrogen (secondary N) is 1. The third kappa shape index (κ3) is 9.26. The smallest absolute Gasteiger partial charge is 0.0267 e. The number of rotatable bonds is 6. The van der Waals surface area contributed by atoms with Crippen LogP contribution in [0.15, 0.2) is 12.2 Å². The van der Waals surface area contributed by atoms with Crippen molar-refractivity contribution in [2.75, 3.05) is 13.1 Å². The third-order valence-corrected chi connectivity index (χ3v) is 1.44. The SMILES string of the molecule is C#CCC=CCCNCC(C)C. The molecule has 0 atom stereocenters. The van der Waals surface area contributed by atoms with Gasteiger partial charge in [0.25, 0.3) is 0 Å². The van der Waals surface area contributed by atoms with E-state index >= 15 is 0 Å². The molecule has 1 heteroatoms. The first-order chi connectivity index (χ1) is 5.77. The zero-order valence-electron chi connectivity index (χ0n) is 8.14. The van der Waals surface area contributed by atoms with Crippen molar-refractivity contribution in [1.29, 1.82) is 0 Å². The first kappa shape index (κ1) is 11.3. The molecule has 0 aromatic carbocycles. The van der Waals surface area contributed by atoms with Crippen LogP contribution >= 0.6 is 0 Å². The molecule has 0 aromatic rings. The van der Waals surface area contributed by atoms with Crippen LogP contribution in [0, 0.1) is 18.3 Å². The molecule has 0 fully saturated rings. The fourth-order valence-corrected chi connectivity index (χ4v) is 0.845. The normalized spacial score (nSPS) is 10.8. The highest BCUT2D eigenvalue weighted by Gasteiger charge is 1.89. The highest BCUT2D eigenvalue weighted by atomic mass is 14.8. The molecule has 0 bridgehead atoms. The Hall–Kier alpha value is -0.740. The van der Waals surface area contributed by atoms with Crippen LogP contribution in [0.2, 0.25) is 0 Å². The average Bonchev–Trinajstić information content (AvgIpc) is 2.02. The van der Waals surface area contributed by atoms with Gasteiger partial charge in [-0.15, -0.1) is 12.3 Å². The predicted octanol–water partition coefficient (Wildman–Crippen LogP) is 2.20. The van der Waals surface area contributed by atoms with E-state index in [0.29, 0.717) is 0 Å². The van der Waals surface area contributed by atoms with Crippen molar-refractivity contribution in [1.82, 2.24) is 5.32 Å². The minimum Gasteiger partial charge on any atom is -0.316 e. The zero-order chi connectivity index (χ0) is 9.23. The molecule has 0 saturated heterocycles. The molecule has 0 aliphatic rings. The topological polar surface area (TPSA) is 12.0 Å². The van der Waals surface area contributed by atoms with E-state index in [9.17, 15) is 0 Å². The van der Waals surface area contributed by atoms with E-state index < -0.39 is 0 Å². The Kier molecular flexibility index (Phi) is 7.84. The second kappa shape index (κ2) is 8.36. The Balaban J connectivity index is 3.06. The van der Waals surface area contributed by atoms with E-state index in [1.165, 1.54) is 0 Å². The quantitative estimate of drug-likeness (QED) is 0.361. The minimum absolute atomic E-state index is 0.736. The summed E-state index contributed by atoms with van der Waals surface area (Å²) in [6.45, 7) is 6.57. The maximum absolute atomic E-state index is 5.09. The van der Waals surface area contributed by atoms with Gasteiger partial charge in [-0.1, -0.05) is 26.0 Å². The highest BCUT2D eigenvalue weighted by molar-refractivity contribution is 4.96. The molecule has 0 spiro atoms. The number of hydrogen-bond acceptors (Lipinski definition) is 1. The Morgan fingerprint density at radius 2 is 2.17 bits per heavy atom. The second-order valence-electron chi connectivity index (χ2n) is 3.27. The molecule has 0 aromatic heterocycles. The molecule has 0 radical (unpaired) electrons. The Morgan fingerprint density at radius 1 is 1.42 bits per heavy atom. The van der Waals surface area contributed by atoms with Crippen molar-refractivity contribution in [3.8, 4) is 12.3 Å². The molecule has 0 heterocycles. The first-order valence-corrected chi connectivity index (χ1v) is 4.56. The standard InChI is InChI=1S/C11H19N/c1-4-5-6-7-8-9-12-10-11(2)3/h1,6-7,11-12H,5,8-10H2,2-3H3. The summed E-state index contributed by atoms with van der Waals surface area (Å²) in [5.74, 6) is 3.31. The molecule has 0 aliphatic carbocycles. The van der Waals surface area contributed by atoms with Crippen LogP contribution < -0.4 is 5.32 Å². The summed E-state index contributed by atoms with van der Waals surface area (Å²) in [5.41, 5.74) is 0. The lowest BCUT2D eigenvalue weighted by atomic mass is 10.2. The van der Waals surface area contributed by atoms with E-state index in [1.54, 1.807) is 0 Å². The summed E-state index contributed by atoms with van der Waals surface area (Å²) in [7, 11) is 0. The number of allylic oxidation sites excluding steroid dienone is 1. The Bertz CT molecular complexity index is 151. The third-order valence-electron chi connectivity index (χ3n) is 1.44. The van der Waals surface area contributed by atoms with E-state index in [0.717, 1.165) is 31.8 Å². The van der Waals surface area contributed by atoms with Crippen LogP contribution in [0.4, 0.5) is 0 Å². The van der Waals surface area contributed by atoms with E-state index in [1.807, 2.05) is 6.08 Å². The van der Waals surface area contributed by atoms with Crippen molar-refractivity contribution in [3.63, 3.8) is 0 Å². The van der Waals surface area contributed by atoms with Gasteiger partial charge in [0.1, 0.15) is 0 Å². The fraction of sp³-hybridized carbons (Fsp3) is 0.636. The van der Waals surface area contributed by atoms with Gasteiger partial charge in [0, 0.05) is 6.42 Å². The van der Waals surface area contributed by atoms with Crippen LogP contribution in [0.3, 0.4) is 0 Å². The summed E-state index contributed by atoms with van der Waals surface area (Å²) in [6, 6.07) is 0. The summed E-state index contributed by atoms with van der Waals surface area (Å²) in [6.07, 6.45) is 11.1. The van der Waals surface area contributed by atoms with Gasteiger partial charge in [0.15, 0.2) is 0 Å². The first-order valence-electron chi connectivity index (χ1n) is 4.56. The molecule has 68 valence electrons. The van der Waals surface area contributed by atoms with Gasteiger partial charge in [-0.05, 0) is 25.4 Å². The Morgan fingerprint density at radius 3 is 2.75 bits per heavy atom. The van der Waals surface area contributed by atoms with Gasteiger partial charge >= 0.3 is 0 Å². The van der Waals surface area contributed by atoms with Crippen molar-refractivity contribution in [2.24, 2.45) is 5.92 Å². The minimum atomic E-state index is 0.736. The molecule has 1 N–H and O–H groups in total. The lowest BCUT2D eigenvalue weighted by Gasteiger charge is -2.04. The average molecular weight is 165 g/mol. The molecule has 12 heavy (non-hydrogen) atoms. The number of terminal acetylenes is 1. The lowest BCUT2D eigenvalue weighted by molar-refractivity contribution is 0.557. The van der Waals surface area contributed by atoms with Crippen LogP contribution in [0.5, 0.6) is 0 Å². The van der Waals surface area contributed by atoms with Gasteiger partial charge in [0.2, 0.25) is 0 Å². The highest BCUT2D eigenvalue weighted by Crippen LogP contribution is 1.88. The van der Waals surface area contributed by atoms with Crippen LogP contribution in [-0.4, -0.2) is 13.1 Å².